The lowest BCUT2D eigenvalue weighted by Gasteiger charge is -2.10. The highest BCUT2D eigenvalue weighted by Gasteiger charge is 2.40. The molecule has 0 bridgehead atoms. The first-order valence-electron chi connectivity index (χ1n) is 4.31. The highest BCUT2D eigenvalue weighted by Crippen LogP contribution is 2.48. The minimum atomic E-state index is 0.303. The number of benzene rings is 1. The lowest BCUT2D eigenvalue weighted by atomic mass is 9.94. The fourth-order valence-electron chi connectivity index (χ4n) is 1.61. The summed E-state index contributed by atoms with van der Waals surface area (Å²) < 4.78 is 0. The molecule has 0 amide bonds. The Kier molecular flexibility index (Phi) is 1.53. The lowest BCUT2D eigenvalue weighted by Crippen LogP contribution is -2.03. The van der Waals surface area contributed by atoms with Gasteiger partial charge >= 0.3 is 0 Å². The first-order chi connectivity index (χ1) is 5.76. The quantitative estimate of drug-likeness (QED) is 0.607. The number of rotatable bonds is 2. The second-order valence-electron chi connectivity index (χ2n) is 3.77. The van der Waals surface area contributed by atoms with Gasteiger partial charge in [0.05, 0.1) is 0 Å². The average Bonchev–Trinajstić information content (AvgIpc) is 2.85. The van der Waals surface area contributed by atoms with Crippen LogP contribution in [0.2, 0.25) is 0 Å². The number of carbonyl (C=O) groups is 1. The van der Waals surface area contributed by atoms with Crippen molar-refractivity contribution >= 4 is 6.29 Å². The topological polar surface area (TPSA) is 17.1 Å². The van der Waals surface area contributed by atoms with Crippen molar-refractivity contribution in [3.8, 4) is 0 Å². The van der Waals surface area contributed by atoms with E-state index >= 15 is 0 Å². The predicted octanol–water partition coefficient (Wildman–Crippen LogP) is 2.55. The van der Waals surface area contributed by atoms with Gasteiger partial charge in [-0.2, -0.15) is 0 Å². The number of carbonyl (C=O) groups excluding carboxylic acids is 1. The van der Waals surface area contributed by atoms with Gasteiger partial charge in [0.15, 0.2) is 0 Å². The Morgan fingerprint density at radius 1 is 1.33 bits per heavy atom. The normalized spacial score (nSPS) is 18.8. The van der Waals surface area contributed by atoms with Crippen LogP contribution in [0.15, 0.2) is 24.3 Å². The molecule has 1 aromatic carbocycles. The van der Waals surface area contributed by atoms with Gasteiger partial charge in [0.2, 0.25) is 0 Å². The van der Waals surface area contributed by atoms with Gasteiger partial charge in [-0.05, 0) is 23.8 Å². The van der Waals surface area contributed by atoms with Crippen molar-refractivity contribution in [2.75, 3.05) is 0 Å². The standard InChI is InChI=1S/C11H12O/c1-11(6-7-11)10-5-3-2-4-9(10)8-12/h2-5,8H,6-7H2,1H3. The molecule has 0 saturated heterocycles. The highest BCUT2D eigenvalue weighted by atomic mass is 16.1. The SMILES string of the molecule is CC1(c2ccccc2C=O)CC1. The van der Waals surface area contributed by atoms with Crippen molar-refractivity contribution in [2.24, 2.45) is 0 Å². The molecular weight excluding hydrogens is 148 g/mol. The molecule has 0 aromatic heterocycles. The first-order valence-corrected chi connectivity index (χ1v) is 4.31. The second kappa shape index (κ2) is 2.44. The van der Waals surface area contributed by atoms with Crippen molar-refractivity contribution in [3.63, 3.8) is 0 Å². The van der Waals surface area contributed by atoms with Crippen LogP contribution in [0.1, 0.15) is 35.7 Å². The molecule has 1 nitrogen and oxygen atoms in total. The molecule has 2 rings (SSSR count). The molecule has 62 valence electrons. The van der Waals surface area contributed by atoms with Crippen LogP contribution in [0.4, 0.5) is 0 Å². The summed E-state index contributed by atoms with van der Waals surface area (Å²) in [5.41, 5.74) is 2.38. The van der Waals surface area contributed by atoms with E-state index in [4.69, 9.17) is 0 Å². The maximum Gasteiger partial charge on any atom is 0.150 e. The first kappa shape index (κ1) is 7.53. The summed E-state index contributed by atoms with van der Waals surface area (Å²) in [5, 5.41) is 0. The monoisotopic (exact) mass is 160 g/mol. The molecule has 1 aliphatic rings. The van der Waals surface area contributed by atoms with Gasteiger partial charge in [-0.3, -0.25) is 4.79 Å². The van der Waals surface area contributed by atoms with Crippen molar-refractivity contribution < 1.29 is 4.79 Å². The summed E-state index contributed by atoms with van der Waals surface area (Å²) >= 11 is 0. The zero-order valence-corrected chi connectivity index (χ0v) is 7.21. The average molecular weight is 160 g/mol. The minimum Gasteiger partial charge on any atom is -0.298 e. The zero-order valence-electron chi connectivity index (χ0n) is 7.21. The van der Waals surface area contributed by atoms with E-state index < -0.39 is 0 Å². The molecule has 0 spiro atoms. The van der Waals surface area contributed by atoms with Crippen LogP contribution in [0.3, 0.4) is 0 Å². The Balaban J connectivity index is 2.48. The molecule has 0 N–H and O–H groups in total. The molecule has 0 atom stereocenters. The van der Waals surface area contributed by atoms with Crippen LogP contribution in [0.25, 0.3) is 0 Å². The highest BCUT2D eigenvalue weighted by molar-refractivity contribution is 5.78. The molecule has 1 heteroatoms. The Hall–Kier alpha value is -1.11. The Bertz CT molecular complexity index is 311. The molecule has 0 heterocycles. The van der Waals surface area contributed by atoms with Crippen LogP contribution < -0.4 is 0 Å². The third kappa shape index (κ3) is 1.06. The largest absolute Gasteiger partial charge is 0.298 e. The smallest absolute Gasteiger partial charge is 0.150 e. The molecule has 1 aliphatic carbocycles. The van der Waals surface area contributed by atoms with E-state index in [1.165, 1.54) is 18.4 Å². The lowest BCUT2D eigenvalue weighted by molar-refractivity contribution is 0.112. The molecule has 1 saturated carbocycles. The summed E-state index contributed by atoms with van der Waals surface area (Å²) in [5.74, 6) is 0. The molecular formula is C11H12O. The van der Waals surface area contributed by atoms with Crippen molar-refractivity contribution in [3.05, 3.63) is 35.4 Å². The van der Waals surface area contributed by atoms with Gasteiger partial charge in [-0.1, -0.05) is 31.2 Å². The molecule has 0 radical (unpaired) electrons. The van der Waals surface area contributed by atoms with Crippen LogP contribution in [0, 0.1) is 0 Å². The van der Waals surface area contributed by atoms with Gasteiger partial charge in [0, 0.05) is 5.56 Å². The van der Waals surface area contributed by atoms with Crippen molar-refractivity contribution in [1.29, 1.82) is 0 Å². The molecule has 0 unspecified atom stereocenters. The third-order valence-electron chi connectivity index (χ3n) is 2.74. The van der Waals surface area contributed by atoms with Crippen LogP contribution in [-0.2, 0) is 5.41 Å². The summed E-state index contributed by atoms with van der Waals surface area (Å²) in [6.07, 6.45) is 3.40. The van der Waals surface area contributed by atoms with E-state index in [0.717, 1.165) is 11.8 Å². The van der Waals surface area contributed by atoms with Gasteiger partial charge in [0.25, 0.3) is 0 Å². The van der Waals surface area contributed by atoms with Gasteiger partial charge in [-0.25, -0.2) is 0 Å². The molecule has 0 aliphatic heterocycles. The summed E-state index contributed by atoms with van der Waals surface area (Å²) in [6, 6.07) is 7.88. The van der Waals surface area contributed by atoms with Crippen LogP contribution in [0.5, 0.6) is 0 Å². The van der Waals surface area contributed by atoms with E-state index in [-0.39, 0.29) is 0 Å². The van der Waals surface area contributed by atoms with Crippen LogP contribution in [-0.4, -0.2) is 6.29 Å². The predicted molar refractivity (Wildman–Crippen MR) is 48.4 cm³/mol. The second-order valence-corrected chi connectivity index (χ2v) is 3.77. The summed E-state index contributed by atoms with van der Waals surface area (Å²) in [7, 11) is 0. The van der Waals surface area contributed by atoms with E-state index in [9.17, 15) is 4.79 Å². The van der Waals surface area contributed by atoms with Gasteiger partial charge in [-0.15, -0.1) is 0 Å². The summed E-state index contributed by atoms with van der Waals surface area (Å²) in [6.45, 7) is 2.22. The van der Waals surface area contributed by atoms with Crippen molar-refractivity contribution in [1.82, 2.24) is 0 Å². The minimum absolute atomic E-state index is 0.303. The molecule has 1 fully saturated rings. The van der Waals surface area contributed by atoms with Crippen LogP contribution >= 0.6 is 0 Å². The number of aldehydes is 1. The number of hydrogen-bond acceptors (Lipinski definition) is 1. The van der Waals surface area contributed by atoms with Crippen molar-refractivity contribution in [2.45, 2.75) is 25.2 Å². The summed E-state index contributed by atoms with van der Waals surface area (Å²) in [4.78, 5) is 10.7. The molecule has 1 aromatic rings. The zero-order chi connectivity index (χ0) is 8.60. The maximum absolute atomic E-state index is 10.7. The molecule has 12 heavy (non-hydrogen) atoms. The van der Waals surface area contributed by atoms with E-state index in [1.54, 1.807) is 0 Å². The fourth-order valence-corrected chi connectivity index (χ4v) is 1.61. The maximum atomic E-state index is 10.7. The van der Waals surface area contributed by atoms with E-state index in [0.29, 0.717) is 5.41 Å². The Labute approximate surface area is 72.4 Å². The Morgan fingerprint density at radius 2 is 2.00 bits per heavy atom. The third-order valence-corrected chi connectivity index (χ3v) is 2.74. The number of hydrogen-bond donors (Lipinski definition) is 0. The van der Waals surface area contributed by atoms with E-state index in [1.807, 2.05) is 18.2 Å². The van der Waals surface area contributed by atoms with E-state index in [2.05, 4.69) is 13.0 Å². The van der Waals surface area contributed by atoms with Gasteiger partial charge < -0.3 is 0 Å². The fraction of sp³-hybridized carbons (Fsp3) is 0.364. The Morgan fingerprint density at radius 3 is 2.58 bits per heavy atom. The van der Waals surface area contributed by atoms with Gasteiger partial charge in [0.1, 0.15) is 6.29 Å².